The molecule has 0 bridgehead atoms. The Bertz CT molecular complexity index is 1140. The van der Waals surface area contributed by atoms with Crippen LogP contribution in [0, 0.1) is 0 Å². The molecule has 0 spiro atoms. The Morgan fingerprint density at radius 1 is 0.902 bits per heavy atom. The molecule has 2 aromatic rings. The predicted molar refractivity (Wildman–Crippen MR) is 134 cm³/mol. The van der Waals surface area contributed by atoms with Gasteiger partial charge in [-0.1, -0.05) is 28.1 Å². The molecule has 1 aromatic heterocycles. The topological polar surface area (TPSA) is 175 Å². The fraction of sp³-hybridized carbons (Fsp3) is 0.348. The number of piperidine rings is 1. The first-order chi connectivity index (χ1) is 18.9. The number of benzene rings is 1. The maximum Gasteiger partial charge on any atom is 0.490 e. The van der Waals surface area contributed by atoms with Gasteiger partial charge in [0.05, 0.1) is 0 Å². The number of anilines is 1. The van der Waals surface area contributed by atoms with Crippen LogP contribution >= 0.6 is 15.9 Å². The van der Waals surface area contributed by atoms with Crippen molar-refractivity contribution in [1.29, 1.82) is 0 Å². The summed E-state index contributed by atoms with van der Waals surface area (Å²) in [7, 11) is 0. The number of halogens is 7. The van der Waals surface area contributed by atoms with Crippen LogP contribution in [0.2, 0.25) is 0 Å². The van der Waals surface area contributed by atoms with Crippen LogP contribution in [0.5, 0.6) is 0 Å². The van der Waals surface area contributed by atoms with Gasteiger partial charge in [-0.2, -0.15) is 26.3 Å². The molecule has 2 heterocycles. The Morgan fingerprint density at radius 3 is 1.76 bits per heavy atom. The van der Waals surface area contributed by atoms with Gasteiger partial charge >= 0.3 is 30.3 Å². The van der Waals surface area contributed by atoms with E-state index in [1.165, 1.54) is 0 Å². The second-order valence-electron chi connectivity index (χ2n) is 8.07. The number of aromatic nitrogens is 1. The smallest absolute Gasteiger partial charge is 0.475 e. The summed E-state index contributed by atoms with van der Waals surface area (Å²) in [5.74, 6) is -5.60. The number of nitrogens with two attached hydrogens (primary N) is 1. The molecule has 1 unspecified atom stereocenters. The average molecular weight is 660 g/mol. The van der Waals surface area contributed by atoms with Crippen molar-refractivity contribution in [1.82, 2.24) is 15.2 Å². The van der Waals surface area contributed by atoms with Gasteiger partial charge in [-0.15, -0.1) is 0 Å². The van der Waals surface area contributed by atoms with Crippen molar-refractivity contribution in [2.24, 2.45) is 5.73 Å². The average Bonchev–Trinajstić information content (AvgIpc) is 2.89. The molecule has 0 radical (unpaired) electrons. The van der Waals surface area contributed by atoms with Crippen molar-refractivity contribution in [3.05, 3.63) is 58.8 Å². The molecular weight excluding hydrogens is 636 g/mol. The van der Waals surface area contributed by atoms with Gasteiger partial charge in [0.15, 0.2) is 0 Å². The van der Waals surface area contributed by atoms with E-state index in [2.05, 4.69) is 31.5 Å². The van der Waals surface area contributed by atoms with Crippen LogP contribution in [-0.2, 0) is 14.4 Å². The van der Waals surface area contributed by atoms with Crippen molar-refractivity contribution in [3.63, 3.8) is 0 Å². The molecule has 3 rings (SSSR count). The summed E-state index contributed by atoms with van der Waals surface area (Å²) in [6, 6.07) is 10.0. The van der Waals surface area contributed by atoms with Gasteiger partial charge in [-0.25, -0.2) is 14.4 Å². The summed E-state index contributed by atoms with van der Waals surface area (Å²) in [5, 5.41) is 20.0. The third kappa shape index (κ3) is 13.3. The van der Waals surface area contributed by atoms with Crippen molar-refractivity contribution in [2.75, 3.05) is 18.4 Å². The third-order valence-corrected chi connectivity index (χ3v) is 5.59. The van der Waals surface area contributed by atoms with Gasteiger partial charge in [0.1, 0.15) is 6.04 Å². The highest BCUT2D eigenvalue weighted by Crippen LogP contribution is 2.20. The highest BCUT2D eigenvalue weighted by Gasteiger charge is 2.39. The largest absolute Gasteiger partial charge is 0.490 e. The Labute approximate surface area is 236 Å². The number of carboxylic acids is 2. The molecule has 1 atom stereocenters. The quantitative estimate of drug-likeness (QED) is 0.307. The van der Waals surface area contributed by atoms with Gasteiger partial charge < -0.3 is 31.5 Å². The summed E-state index contributed by atoms with van der Waals surface area (Å²) in [6.45, 7) is 1.15. The van der Waals surface area contributed by atoms with E-state index in [4.69, 9.17) is 25.5 Å². The van der Waals surface area contributed by atoms with Crippen LogP contribution in [0.15, 0.2) is 53.3 Å². The molecule has 226 valence electrons. The number of nitrogens with one attached hydrogen (secondary N) is 2. The molecule has 1 aliphatic rings. The summed E-state index contributed by atoms with van der Waals surface area (Å²) in [6.07, 6.45) is -5.53. The van der Waals surface area contributed by atoms with Gasteiger partial charge in [-0.05, 0) is 42.7 Å². The molecule has 18 heteroatoms. The lowest BCUT2D eigenvalue weighted by molar-refractivity contribution is -0.193. The van der Waals surface area contributed by atoms with Gasteiger partial charge in [0.2, 0.25) is 5.91 Å². The molecule has 3 amide bonds. The van der Waals surface area contributed by atoms with Crippen molar-refractivity contribution in [3.8, 4) is 0 Å². The van der Waals surface area contributed by atoms with E-state index in [0.29, 0.717) is 31.6 Å². The Hall–Kier alpha value is -3.93. The van der Waals surface area contributed by atoms with Crippen LogP contribution < -0.4 is 16.4 Å². The number of pyridine rings is 1. The molecular formula is C23H24BrF6N5O6. The number of likely N-dealkylation sites (tertiary alicyclic amines) is 1. The first-order valence-electron chi connectivity index (χ1n) is 11.3. The second-order valence-corrected chi connectivity index (χ2v) is 8.98. The summed E-state index contributed by atoms with van der Waals surface area (Å²) < 4.78 is 64.4. The number of carbonyl (C=O) groups excluding carboxylic acids is 2. The number of rotatable bonds is 4. The molecule has 0 saturated carbocycles. The number of amides is 3. The van der Waals surface area contributed by atoms with E-state index in [1.807, 2.05) is 24.3 Å². The minimum atomic E-state index is -5.08. The number of aliphatic carboxylic acids is 2. The third-order valence-electron chi connectivity index (χ3n) is 5.06. The van der Waals surface area contributed by atoms with Crippen molar-refractivity contribution >= 4 is 45.5 Å². The SMILES string of the molecule is NC(C(=O)N1CCC(NC(=O)Nc2ccncc2)CC1)c1ccc(Br)cc1.O=C(O)C(F)(F)F.O=C(O)C(F)(F)F. The minimum absolute atomic E-state index is 0.0276. The molecule has 1 fully saturated rings. The van der Waals surface area contributed by atoms with E-state index < -0.39 is 30.3 Å². The number of carboxylic acid groups (broad SMARTS) is 2. The normalized spacial score (nSPS) is 14.3. The Balaban J connectivity index is 0.000000497. The monoisotopic (exact) mass is 659 g/mol. The number of hydrogen-bond donors (Lipinski definition) is 5. The van der Waals surface area contributed by atoms with Crippen LogP contribution in [0.1, 0.15) is 24.4 Å². The highest BCUT2D eigenvalue weighted by molar-refractivity contribution is 9.10. The van der Waals surface area contributed by atoms with E-state index >= 15 is 0 Å². The zero-order valence-electron chi connectivity index (χ0n) is 20.7. The summed E-state index contributed by atoms with van der Waals surface area (Å²) in [5.41, 5.74) is 7.61. The summed E-state index contributed by atoms with van der Waals surface area (Å²) in [4.78, 5) is 48.2. The van der Waals surface area contributed by atoms with E-state index in [1.54, 1.807) is 29.4 Å². The van der Waals surface area contributed by atoms with Crippen molar-refractivity contribution in [2.45, 2.75) is 37.3 Å². The van der Waals surface area contributed by atoms with E-state index in [-0.39, 0.29) is 18.0 Å². The van der Waals surface area contributed by atoms with Crippen LogP contribution in [0.4, 0.5) is 36.8 Å². The molecule has 1 aromatic carbocycles. The number of hydrogen-bond acceptors (Lipinski definition) is 6. The fourth-order valence-corrected chi connectivity index (χ4v) is 3.31. The van der Waals surface area contributed by atoms with Gasteiger partial charge in [0, 0.05) is 41.7 Å². The fourth-order valence-electron chi connectivity index (χ4n) is 3.04. The summed E-state index contributed by atoms with van der Waals surface area (Å²) >= 11 is 3.38. The van der Waals surface area contributed by atoms with Crippen molar-refractivity contribution < 1.29 is 55.7 Å². The molecule has 6 N–H and O–H groups in total. The molecule has 11 nitrogen and oxygen atoms in total. The number of carbonyl (C=O) groups is 4. The maximum atomic E-state index is 12.6. The van der Waals surface area contributed by atoms with E-state index in [0.717, 1.165) is 10.0 Å². The zero-order chi connectivity index (χ0) is 31.4. The van der Waals surface area contributed by atoms with Crippen LogP contribution in [-0.4, -0.2) is 75.5 Å². The van der Waals surface area contributed by atoms with Gasteiger partial charge in [-0.3, -0.25) is 9.78 Å². The molecule has 41 heavy (non-hydrogen) atoms. The highest BCUT2D eigenvalue weighted by atomic mass is 79.9. The first-order valence-corrected chi connectivity index (χ1v) is 12.1. The minimum Gasteiger partial charge on any atom is -0.475 e. The predicted octanol–water partition coefficient (Wildman–Crippen LogP) is 3.92. The lowest BCUT2D eigenvalue weighted by atomic mass is 10.0. The Morgan fingerprint density at radius 2 is 1.34 bits per heavy atom. The van der Waals surface area contributed by atoms with Crippen LogP contribution in [0.25, 0.3) is 0 Å². The molecule has 1 saturated heterocycles. The Kier molecular flexibility index (Phi) is 13.5. The number of nitrogens with zero attached hydrogens (tertiary/aromatic N) is 2. The molecule has 0 aliphatic carbocycles. The first kappa shape index (κ1) is 35.1. The molecule has 1 aliphatic heterocycles. The number of alkyl halides is 6. The lowest BCUT2D eigenvalue weighted by Crippen LogP contribution is -2.49. The maximum absolute atomic E-state index is 12.6. The second kappa shape index (κ2) is 15.8. The van der Waals surface area contributed by atoms with E-state index in [9.17, 15) is 35.9 Å². The standard InChI is InChI=1S/C19H22BrN5O2.2C2HF3O2/c20-14-3-1-13(2-4-14)17(21)18(26)25-11-7-16(8-12-25)24-19(27)23-15-5-9-22-10-6-15;2*3-2(4,5)1(6)7/h1-6,9-10,16-17H,7-8,11-12,21H2,(H2,22,23,24,27);2*(H,6,7). The lowest BCUT2D eigenvalue weighted by Gasteiger charge is -2.33. The van der Waals surface area contributed by atoms with Crippen LogP contribution in [0.3, 0.4) is 0 Å². The number of urea groups is 1. The van der Waals surface area contributed by atoms with Gasteiger partial charge in [0.25, 0.3) is 0 Å². The zero-order valence-corrected chi connectivity index (χ0v) is 22.3.